The Balaban J connectivity index is 1.70. The summed E-state index contributed by atoms with van der Waals surface area (Å²) >= 11 is 6.10. The van der Waals surface area contributed by atoms with Gasteiger partial charge in [0, 0.05) is 24.9 Å². The Hall–Kier alpha value is -3.12. The number of anilines is 1. The average Bonchev–Trinajstić information content (AvgIpc) is 2.89. The van der Waals surface area contributed by atoms with Crippen molar-refractivity contribution in [1.29, 1.82) is 0 Å². The zero-order chi connectivity index (χ0) is 17.8. The minimum absolute atomic E-state index is 0.169. The number of aromatic nitrogens is 2. The minimum atomic E-state index is -0.547. The van der Waals surface area contributed by atoms with Gasteiger partial charge in [-0.2, -0.15) is 0 Å². The van der Waals surface area contributed by atoms with Crippen molar-refractivity contribution in [1.82, 2.24) is 9.38 Å². The zero-order valence-corrected chi connectivity index (χ0v) is 14.0. The van der Waals surface area contributed by atoms with Gasteiger partial charge in [-0.3, -0.25) is 9.20 Å². The van der Waals surface area contributed by atoms with E-state index in [2.05, 4.69) is 10.3 Å². The summed E-state index contributed by atoms with van der Waals surface area (Å²) in [7, 11) is 0. The first-order valence-corrected chi connectivity index (χ1v) is 7.81. The molecule has 1 amide bonds. The van der Waals surface area contributed by atoms with Gasteiger partial charge in [-0.15, -0.1) is 0 Å². The second kappa shape index (κ2) is 7.19. The Morgan fingerprint density at radius 2 is 1.96 bits per heavy atom. The molecular weight excluding hydrogens is 342 g/mol. The molecule has 126 valence electrons. The predicted octanol–water partition coefficient (Wildman–Crippen LogP) is 3.56. The van der Waals surface area contributed by atoms with Crippen LogP contribution in [0.2, 0.25) is 5.15 Å². The molecule has 0 atom stereocenters. The number of amides is 1. The van der Waals surface area contributed by atoms with E-state index < -0.39 is 5.97 Å². The van der Waals surface area contributed by atoms with Crippen LogP contribution in [-0.2, 0) is 9.59 Å². The van der Waals surface area contributed by atoms with Crippen LogP contribution in [0.15, 0.2) is 54.7 Å². The maximum atomic E-state index is 12.0. The van der Waals surface area contributed by atoms with Gasteiger partial charge in [0.05, 0.1) is 5.69 Å². The number of hydrogen-bond donors (Lipinski definition) is 1. The number of carbonyl (C=O) groups excluding carboxylic acids is 2. The number of rotatable bonds is 4. The van der Waals surface area contributed by atoms with Crippen LogP contribution >= 0.6 is 11.6 Å². The summed E-state index contributed by atoms with van der Waals surface area (Å²) in [6.45, 7) is 1.42. The molecule has 3 aromatic rings. The van der Waals surface area contributed by atoms with Crippen LogP contribution in [0.3, 0.4) is 0 Å². The molecule has 3 rings (SSSR count). The average molecular weight is 356 g/mol. The Kier molecular flexibility index (Phi) is 4.81. The van der Waals surface area contributed by atoms with Crippen molar-refractivity contribution in [3.8, 4) is 5.75 Å². The number of nitrogens with one attached hydrogen (secondary N) is 1. The van der Waals surface area contributed by atoms with Gasteiger partial charge < -0.3 is 10.1 Å². The number of benzene rings is 1. The monoisotopic (exact) mass is 355 g/mol. The lowest BCUT2D eigenvalue weighted by atomic mass is 10.3. The minimum Gasteiger partial charge on any atom is -0.423 e. The molecule has 0 saturated heterocycles. The predicted molar refractivity (Wildman–Crippen MR) is 95.6 cm³/mol. The fourth-order valence-electron chi connectivity index (χ4n) is 2.24. The molecule has 2 heterocycles. The lowest BCUT2D eigenvalue weighted by molar-refractivity contribution is -0.128. The highest BCUT2D eigenvalue weighted by molar-refractivity contribution is 6.31. The Bertz CT molecular complexity index is 961. The van der Waals surface area contributed by atoms with Gasteiger partial charge in [0.15, 0.2) is 5.15 Å². The van der Waals surface area contributed by atoms with Crippen molar-refractivity contribution < 1.29 is 14.3 Å². The fraction of sp³-hybridized carbons (Fsp3) is 0.0556. The number of carbonyl (C=O) groups is 2. The molecule has 2 aromatic heterocycles. The van der Waals surface area contributed by atoms with E-state index in [0.717, 1.165) is 0 Å². The maximum Gasteiger partial charge on any atom is 0.336 e. The van der Waals surface area contributed by atoms with Gasteiger partial charge in [-0.25, -0.2) is 9.78 Å². The summed E-state index contributed by atoms with van der Waals surface area (Å²) in [5, 5.41) is 2.94. The SMILES string of the molecule is CC(=O)Nc1ccc(OC(=O)/C=C\c2c(Cl)nc3ccccn23)cc1. The Morgan fingerprint density at radius 1 is 1.20 bits per heavy atom. The lowest BCUT2D eigenvalue weighted by Gasteiger charge is -2.04. The van der Waals surface area contributed by atoms with Gasteiger partial charge in [0.25, 0.3) is 0 Å². The third-order valence-electron chi connectivity index (χ3n) is 3.29. The summed E-state index contributed by atoms with van der Waals surface area (Å²) in [5.74, 6) is -0.347. The second-order valence-electron chi connectivity index (χ2n) is 5.18. The number of halogens is 1. The molecule has 0 aliphatic rings. The summed E-state index contributed by atoms with van der Waals surface area (Å²) in [6.07, 6.45) is 4.64. The molecule has 0 aliphatic carbocycles. The number of pyridine rings is 1. The summed E-state index contributed by atoms with van der Waals surface area (Å²) in [4.78, 5) is 27.1. The van der Waals surface area contributed by atoms with Gasteiger partial charge in [0.2, 0.25) is 5.91 Å². The van der Waals surface area contributed by atoms with Crippen LogP contribution in [0.1, 0.15) is 12.6 Å². The standard InChI is InChI=1S/C18H14ClN3O3/c1-12(23)20-13-5-7-14(8-6-13)25-17(24)10-9-15-18(19)21-16-4-2-3-11-22(15)16/h2-11H,1H3,(H,20,23)/b10-9-. The topological polar surface area (TPSA) is 72.7 Å². The van der Waals surface area contributed by atoms with E-state index in [1.807, 2.05) is 18.2 Å². The number of nitrogens with zero attached hydrogens (tertiary/aromatic N) is 2. The molecule has 25 heavy (non-hydrogen) atoms. The summed E-state index contributed by atoms with van der Waals surface area (Å²) in [5.41, 5.74) is 1.91. The normalized spacial score (nSPS) is 11.0. The number of hydrogen-bond acceptors (Lipinski definition) is 4. The molecule has 0 aliphatic heterocycles. The van der Waals surface area contributed by atoms with Gasteiger partial charge >= 0.3 is 5.97 Å². The van der Waals surface area contributed by atoms with E-state index in [9.17, 15) is 9.59 Å². The highest BCUT2D eigenvalue weighted by atomic mass is 35.5. The molecule has 1 aromatic carbocycles. The van der Waals surface area contributed by atoms with E-state index in [1.54, 1.807) is 40.9 Å². The van der Waals surface area contributed by atoms with E-state index >= 15 is 0 Å². The molecule has 6 nitrogen and oxygen atoms in total. The highest BCUT2D eigenvalue weighted by Crippen LogP contribution is 2.19. The van der Waals surface area contributed by atoms with Crippen LogP contribution in [0, 0.1) is 0 Å². The molecular formula is C18H14ClN3O3. The number of imidazole rings is 1. The van der Waals surface area contributed by atoms with Crippen molar-refractivity contribution in [3.05, 3.63) is 65.6 Å². The molecule has 1 N–H and O–H groups in total. The molecule has 7 heteroatoms. The largest absolute Gasteiger partial charge is 0.423 e. The third-order valence-corrected chi connectivity index (χ3v) is 3.57. The molecule has 0 spiro atoms. The summed E-state index contributed by atoms with van der Waals surface area (Å²) in [6, 6.07) is 12.0. The molecule has 0 saturated carbocycles. The first-order valence-electron chi connectivity index (χ1n) is 7.43. The van der Waals surface area contributed by atoms with E-state index in [0.29, 0.717) is 27.9 Å². The molecule has 0 bridgehead atoms. The Labute approximate surface area is 148 Å². The van der Waals surface area contributed by atoms with Crippen molar-refractivity contribution in [3.63, 3.8) is 0 Å². The number of esters is 1. The first kappa shape index (κ1) is 16.7. The van der Waals surface area contributed by atoms with E-state index in [1.165, 1.54) is 13.0 Å². The summed E-state index contributed by atoms with van der Waals surface area (Å²) < 4.78 is 6.99. The van der Waals surface area contributed by atoms with Crippen molar-refractivity contribution in [2.75, 3.05) is 5.32 Å². The lowest BCUT2D eigenvalue weighted by Crippen LogP contribution is -2.06. The smallest absolute Gasteiger partial charge is 0.336 e. The van der Waals surface area contributed by atoms with E-state index in [4.69, 9.17) is 16.3 Å². The quantitative estimate of drug-likeness (QED) is 0.441. The third kappa shape index (κ3) is 4.05. The number of ether oxygens (including phenoxy) is 1. The fourth-order valence-corrected chi connectivity index (χ4v) is 2.48. The number of fused-ring (bicyclic) bond motifs is 1. The van der Waals surface area contributed by atoms with Crippen LogP contribution in [0.25, 0.3) is 11.7 Å². The van der Waals surface area contributed by atoms with Crippen molar-refractivity contribution in [2.24, 2.45) is 0 Å². The second-order valence-corrected chi connectivity index (χ2v) is 5.53. The van der Waals surface area contributed by atoms with Crippen LogP contribution in [-0.4, -0.2) is 21.3 Å². The highest BCUT2D eigenvalue weighted by Gasteiger charge is 2.08. The first-order chi connectivity index (χ1) is 12.0. The molecule has 0 radical (unpaired) electrons. The zero-order valence-electron chi connectivity index (χ0n) is 13.3. The molecule has 0 unspecified atom stereocenters. The van der Waals surface area contributed by atoms with Gasteiger partial charge in [-0.05, 0) is 42.5 Å². The van der Waals surface area contributed by atoms with Gasteiger partial charge in [0.1, 0.15) is 11.4 Å². The van der Waals surface area contributed by atoms with Crippen LogP contribution in [0.5, 0.6) is 5.75 Å². The van der Waals surface area contributed by atoms with Crippen LogP contribution in [0.4, 0.5) is 5.69 Å². The van der Waals surface area contributed by atoms with Crippen molar-refractivity contribution in [2.45, 2.75) is 6.92 Å². The Morgan fingerprint density at radius 3 is 2.68 bits per heavy atom. The van der Waals surface area contributed by atoms with Gasteiger partial charge in [-0.1, -0.05) is 17.7 Å². The maximum absolute atomic E-state index is 12.0. The van der Waals surface area contributed by atoms with E-state index in [-0.39, 0.29) is 5.91 Å². The van der Waals surface area contributed by atoms with Crippen LogP contribution < -0.4 is 10.1 Å². The molecule has 0 fully saturated rings. The van der Waals surface area contributed by atoms with Crippen molar-refractivity contribution >= 4 is 40.9 Å².